The Hall–Kier alpha value is -1.55. The van der Waals surface area contributed by atoms with Gasteiger partial charge in [0.05, 0.1) is 12.6 Å². The van der Waals surface area contributed by atoms with Crippen LogP contribution in [-0.4, -0.2) is 37.0 Å². The van der Waals surface area contributed by atoms with Gasteiger partial charge in [-0.2, -0.15) is 0 Å². The summed E-state index contributed by atoms with van der Waals surface area (Å²) in [6, 6.07) is 8.15. The number of carbonyl (C=O) groups excluding carboxylic acids is 1. The normalized spacial score (nSPS) is 21.8. The van der Waals surface area contributed by atoms with Crippen LogP contribution in [0.15, 0.2) is 24.3 Å². The Morgan fingerprint density at radius 2 is 2.11 bits per heavy atom. The molecule has 0 saturated carbocycles. The molecule has 2 aliphatic rings. The maximum absolute atomic E-state index is 11.9. The van der Waals surface area contributed by atoms with Crippen LogP contribution in [-0.2, 0) is 4.79 Å². The van der Waals surface area contributed by atoms with Crippen LogP contribution in [0.4, 0.5) is 0 Å². The fraction of sp³-hybridized carbons (Fsp3) is 0.500. The molecule has 1 fully saturated rings. The predicted molar refractivity (Wildman–Crippen MR) is 68.5 cm³/mol. The molecule has 4 nitrogen and oxygen atoms in total. The summed E-state index contributed by atoms with van der Waals surface area (Å²) >= 11 is 0. The van der Waals surface area contributed by atoms with Gasteiger partial charge in [0.1, 0.15) is 12.4 Å². The van der Waals surface area contributed by atoms with Crippen LogP contribution < -0.4 is 10.1 Å². The standard InChI is InChI=1S/C14H18N2O2/c17-14(16-7-3-4-8-16)9-15-12-10-18-13-6-2-1-5-11(12)13/h1-2,5-6,12,15H,3-4,7-10H2. The van der Waals surface area contributed by atoms with Crippen molar-refractivity contribution in [1.29, 1.82) is 0 Å². The van der Waals surface area contributed by atoms with Gasteiger partial charge in [-0.15, -0.1) is 0 Å². The van der Waals surface area contributed by atoms with Crippen LogP contribution in [0, 0.1) is 0 Å². The molecule has 0 aliphatic carbocycles. The van der Waals surface area contributed by atoms with Crippen molar-refractivity contribution >= 4 is 5.91 Å². The van der Waals surface area contributed by atoms with Crippen molar-refractivity contribution in [3.63, 3.8) is 0 Å². The van der Waals surface area contributed by atoms with E-state index in [1.54, 1.807) is 0 Å². The maximum Gasteiger partial charge on any atom is 0.236 e. The molecule has 1 aromatic carbocycles. The predicted octanol–water partition coefficient (Wildman–Crippen LogP) is 1.33. The van der Waals surface area contributed by atoms with E-state index in [4.69, 9.17) is 4.74 Å². The highest BCUT2D eigenvalue weighted by Gasteiger charge is 2.25. The summed E-state index contributed by atoms with van der Waals surface area (Å²) in [5, 5.41) is 3.30. The van der Waals surface area contributed by atoms with Gasteiger partial charge in [-0.25, -0.2) is 0 Å². The van der Waals surface area contributed by atoms with Gasteiger partial charge in [0.2, 0.25) is 5.91 Å². The molecule has 0 aromatic heterocycles. The van der Waals surface area contributed by atoms with Crippen molar-refractivity contribution in [2.75, 3.05) is 26.2 Å². The second kappa shape index (κ2) is 4.98. The molecule has 18 heavy (non-hydrogen) atoms. The number of carbonyl (C=O) groups is 1. The van der Waals surface area contributed by atoms with E-state index in [-0.39, 0.29) is 11.9 Å². The lowest BCUT2D eigenvalue weighted by Gasteiger charge is -2.17. The van der Waals surface area contributed by atoms with Crippen LogP contribution in [0.2, 0.25) is 0 Å². The quantitative estimate of drug-likeness (QED) is 0.875. The number of rotatable bonds is 3. The number of fused-ring (bicyclic) bond motifs is 1. The Morgan fingerprint density at radius 1 is 1.33 bits per heavy atom. The van der Waals surface area contributed by atoms with Gasteiger partial charge >= 0.3 is 0 Å². The van der Waals surface area contributed by atoms with Crippen molar-refractivity contribution in [2.45, 2.75) is 18.9 Å². The summed E-state index contributed by atoms with van der Waals surface area (Å²) in [6.45, 7) is 2.85. The highest BCUT2D eigenvalue weighted by Crippen LogP contribution is 2.31. The molecule has 1 saturated heterocycles. The highest BCUT2D eigenvalue weighted by molar-refractivity contribution is 5.78. The van der Waals surface area contributed by atoms with Crippen LogP contribution >= 0.6 is 0 Å². The van der Waals surface area contributed by atoms with Gasteiger partial charge in [-0.1, -0.05) is 18.2 Å². The van der Waals surface area contributed by atoms with Gasteiger partial charge in [-0.3, -0.25) is 10.1 Å². The van der Waals surface area contributed by atoms with Crippen molar-refractivity contribution < 1.29 is 9.53 Å². The van der Waals surface area contributed by atoms with Gasteiger partial charge in [-0.05, 0) is 18.9 Å². The summed E-state index contributed by atoms with van der Waals surface area (Å²) in [7, 11) is 0. The van der Waals surface area contributed by atoms with E-state index < -0.39 is 0 Å². The van der Waals surface area contributed by atoms with E-state index in [9.17, 15) is 4.79 Å². The monoisotopic (exact) mass is 246 g/mol. The number of hydrogen-bond acceptors (Lipinski definition) is 3. The van der Waals surface area contributed by atoms with Gasteiger partial charge in [0.15, 0.2) is 0 Å². The number of likely N-dealkylation sites (tertiary alicyclic amines) is 1. The zero-order chi connectivity index (χ0) is 12.4. The lowest BCUT2D eigenvalue weighted by molar-refractivity contribution is -0.129. The molecule has 2 aliphatic heterocycles. The molecule has 0 spiro atoms. The van der Waals surface area contributed by atoms with Crippen LogP contribution in [0.1, 0.15) is 24.4 Å². The van der Waals surface area contributed by atoms with E-state index >= 15 is 0 Å². The minimum Gasteiger partial charge on any atom is -0.491 e. The number of nitrogens with zero attached hydrogens (tertiary/aromatic N) is 1. The van der Waals surface area contributed by atoms with E-state index in [1.807, 2.05) is 23.1 Å². The molecule has 1 unspecified atom stereocenters. The van der Waals surface area contributed by atoms with Gasteiger partial charge in [0, 0.05) is 18.7 Å². The average Bonchev–Trinajstić information content (AvgIpc) is 3.06. The summed E-state index contributed by atoms with van der Waals surface area (Å²) in [4.78, 5) is 13.9. The van der Waals surface area contributed by atoms with Crippen LogP contribution in [0.25, 0.3) is 0 Å². The largest absolute Gasteiger partial charge is 0.491 e. The highest BCUT2D eigenvalue weighted by atomic mass is 16.5. The Bertz CT molecular complexity index is 441. The molecule has 96 valence electrons. The van der Waals surface area contributed by atoms with E-state index in [0.717, 1.165) is 37.2 Å². The molecule has 0 radical (unpaired) electrons. The minimum absolute atomic E-state index is 0.146. The minimum atomic E-state index is 0.146. The molecule has 3 rings (SSSR count). The third-order valence-electron chi connectivity index (χ3n) is 3.66. The number of nitrogens with one attached hydrogen (secondary N) is 1. The van der Waals surface area contributed by atoms with Crippen molar-refractivity contribution in [3.8, 4) is 5.75 Å². The number of hydrogen-bond donors (Lipinski definition) is 1. The molecule has 4 heteroatoms. The fourth-order valence-corrected chi connectivity index (χ4v) is 2.62. The summed E-state index contributed by atoms with van der Waals surface area (Å²) < 4.78 is 5.58. The first-order valence-electron chi connectivity index (χ1n) is 6.57. The summed E-state index contributed by atoms with van der Waals surface area (Å²) in [5.74, 6) is 1.14. The second-order valence-corrected chi connectivity index (χ2v) is 4.87. The third kappa shape index (κ3) is 2.20. The summed E-state index contributed by atoms with van der Waals surface area (Å²) in [5.41, 5.74) is 1.16. The first-order valence-corrected chi connectivity index (χ1v) is 6.57. The fourth-order valence-electron chi connectivity index (χ4n) is 2.62. The zero-order valence-electron chi connectivity index (χ0n) is 10.4. The molecule has 0 bridgehead atoms. The number of amides is 1. The van der Waals surface area contributed by atoms with Gasteiger partial charge in [0.25, 0.3) is 0 Å². The zero-order valence-corrected chi connectivity index (χ0v) is 10.4. The first kappa shape index (κ1) is 11.5. The lowest BCUT2D eigenvalue weighted by Crippen LogP contribution is -2.38. The SMILES string of the molecule is O=C(CNC1COc2ccccc21)N1CCCC1. The molecule has 1 atom stereocenters. The Kier molecular flexibility index (Phi) is 3.19. The van der Waals surface area contributed by atoms with Gasteiger partial charge < -0.3 is 9.64 Å². The molecule has 1 aromatic rings. The van der Waals surface area contributed by atoms with Crippen molar-refractivity contribution in [2.24, 2.45) is 0 Å². The Labute approximate surface area is 107 Å². The topological polar surface area (TPSA) is 41.6 Å². The van der Waals surface area contributed by atoms with E-state index in [0.29, 0.717) is 13.2 Å². The van der Waals surface area contributed by atoms with Crippen LogP contribution in [0.3, 0.4) is 0 Å². The molecular weight excluding hydrogens is 228 g/mol. The van der Waals surface area contributed by atoms with E-state index in [2.05, 4.69) is 11.4 Å². The molecule has 1 amide bonds. The first-order chi connectivity index (χ1) is 8.84. The lowest BCUT2D eigenvalue weighted by atomic mass is 10.1. The van der Waals surface area contributed by atoms with Crippen molar-refractivity contribution in [3.05, 3.63) is 29.8 Å². The smallest absolute Gasteiger partial charge is 0.236 e. The second-order valence-electron chi connectivity index (χ2n) is 4.87. The number of ether oxygens (including phenoxy) is 1. The maximum atomic E-state index is 11.9. The van der Waals surface area contributed by atoms with Crippen LogP contribution in [0.5, 0.6) is 5.75 Å². The van der Waals surface area contributed by atoms with E-state index in [1.165, 1.54) is 0 Å². The number of benzene rings is 1. The summed E-state index contributed by atoms with van der Waals surface area (Å²) in [6.07, 6.45) is 2.28. The molecular formula is C14H18N2O2. The molecule has 1 N–H and O–H groups in total. The third-order valence-corrected chi connectivity index (χ3v) is 3.66. The van der Waals surface area contributed by atoms with Crippen molar-refractivity contribution in [1.82, 2.24) is 10.2 Å². The number of para-hydroxylation sites is 1. The Morgan fingerprint density at radius 3 is 2.94 bits per heavy atom. The average molecular weight is 246 g/mol. The molecule has 2 heterocycles. The Balaban J connectivity index is 1.57.